The predicted octanol–water partition coefficient (Wildman–Crippen LogP) is 2.10. The zero-order valence-electron chi connectivity index (χ0n) is 14.5. The molecule has 1 unspecified atom stereocenters. The van der Waals surface area contributed by atoms with E-state index in [0.29, 0.717) is 12.5 Å². The first-order valence-corrected chi connectivity index (χ1v) is 9.82. The second-order valence-corrected chi connectivity index (χ2v) is 7.97. The molecule has 1 atom stereocenters. The van der Waals surface area contributed by atoms with Crippen molar-refractivity contribution in [3.63, 3.8) is 0 Å². The summed E-state index contributed by atoms with van der Waals surface area (Å²) in [6.45, 7) is -0.420. The number of carbonyl (C=O) groups excluding carboxylic acids is 1. The van der Waals surface area contributed by atoms with Crippen LogP contribution in [-0.2, 0) is 27.4 Å². The quantitative estimate of drug-likeness (QED) is 0.758. The number of benzene rings is 2. The maximum Gasteiger partial charge on any atom is 0.416 e. The van der Waals surface area contributed by atoms with Crippen LogP contribution in [-0.4, -0.2) is 33.5 Å². The van der Waals surface area contributed by atoms with E-state index < -0.39 is 39.1 Å². The van der Waals surface area contributed by atoms with E-state index in [1.165, 1.54) is 0 Å². The van der Waals surface area contributed by atoms with Gasteiger partial charge in [0.2, 0.25) is 15.9 Å². The molecule has 2 aromatic rings. The van der Waals surface area contributed by atoms with Gasteiger partial charge in [0.05, 0.1) is 23.5 Å². The maximum atomic E-state index is 12.7. The molecule has 0 aromatic heterocycles. The van der Waals surface area contributed by atoms with E-state index >= 15 is 0 Å². The fourth-order valence-corrected chi connectivity index (χ4v) is 3.77. The molecule has 0 saturated heterocycles. The first-order chi connectivity index (χ1) is 13.1. The second kappa shape index (κ2) is 7.80. The molecule has 3 rings (SSSR count). The number of halogens is 3. The van der Waals surface area contributed by atoms with Gasteiger partial charge in [-0.15, -0.1) is 0 Å². The first-order valence-electron chi connectivity index (χ1n) is 8.33. The average molecular weight is 414 g/mol. The monoisotopic (exact) mass is 414 g/mol. The van der Waals surface area contributed by atoms with E-state index in [9.17, 15) is 26.4 Å². The number of hydrogen-bond donors (Lipinski definition) is 2. The summed E-state index contributed by atoms with van der Waals surface area (Å²) in [7, 11) is -4.26. The number of ether oxygens (including phenoxy) is 1. The smallest absolute Gasteiger partial charge is 0.416 e. The lowest BCUT2D eigenvalue weighted by Gasteiger charge is -2.13. The molecular formula is C18H17F3N2O4S. The number of fused-ring (bicyclic) bond motifs is 1. The van der Waals surface area contributed by atoms with Crippen LogP contribution >= 0.6 is 0 Å². The summed E-state index contributed by atoms with van der Waals surface area (Å²) >= 11 is 0. The van der Waals surface area contributed by atoms with Gasteiger partial charge in [0.1, 0.15) is 11.9 Å². The molecule has 2 N–H and O–H groups in total. The Hall–Kier alpha value is -2.59. The van der Waals surface area contributed by atoms with E-state index in [4.69, 9.17) is 4.74 Å². The molecule has 1 amide bonds. The third kappa shape index (κ3) is 4.82. The fourth-order valence-electron chi connectivity index (χ4n) is 2.74. The molecule has 2 aromatic carbocycles. The molecule has 1 aliphatic rings. The van der Waals surface area contributed by atoms with E-state index in [1.54, 1.807) is 0 Å². The zero-order chi connectivity index (χ0) is 20.4. The van der Waals surface area contributed by atoms with Gasteiger partial charge >= 0.3 is 6.18 Å². The van der Waals surface area contributed by atoms with Gasteiger partial charge in [-0.2, -0.15) is 13.2 Å². The normalized spacial score (nSPS) is 16.3. The Labute approximate surface area is 159 Å². The summed E-state index contributed by atoms with van der Waals surface area (Å²) in [5.41, 5.74) is -0.0650. The second-order valence-electron chi connectivity index (χ2n) is 6.21. The summed E-state index contributed by atoms with van der Waals surface area (Å²) in [6.07, 6.45) is -4.31. The molecule has 6 nitrogen and oxygen atoms in total. The van der Waals surface area contributed by atoms with Crippen molar-refractivity contribution in [2.75, 3.05) is 13.1 Å². The molecule has 1 heterocycles. The van der Waals surface area contributed by atoms with Gasteiger partial charge in [-0.25, -0.2) is 13.1 Å². The van der Waals surface area contributed by atoms with Gasteiger partial charge in [-0.3, -0.25) is 4.79 Å². The Morgan fingerprint density at radius 1 is 1.14 bits per heavy atom. The molecular weight excluding hydrogens is 397 g/mol. The van der Waals surface area contributed by atoms with Crippen LogP contribution in [0.2, 0.25) is 0 Å². The van der Waals surface area contributed by atoms with Crippen LogP contribution < -0.4 is 14.8 Å². The number of hydrogen-bond acceptors (Lipinski definition) is 4. The molecule has 0 bridgehead atoms. The summed E-state index contributed by atoms with van der Waals surface area (Å²) < 4.78 is 70.1. The van der Waals surface area contributed by atoms with E-state index in [1.807, 2.05) is 29.0 Å². The molecule has 0 radical (unpaired) electrons. The van der Waals surface area contributed by atoms with Crippen LogP contribution in [0.15, 0.2) is 53.4 Å². The summed E-state index contributed by atoms with van der Waals surface area (Å²) in [4.78, 5) is 11.3. The number of nitrogens with one attached hydrogen (secondary N) is 2. The number of sulfonamides is 1. The predicted molar refractivity (Wildman–Crippen MR) is 94.2 cm³/mol. The van der Waals surface area contributed by atoms with Crippen molar-refractivity contribution >= 4 is 15.9 Å². The minimum atomic E-state index is -4.66. The van der Waals surface area contributed by atoms with Crippen molar-refractivity contribution in [2.45, 2.75) is 23.6 Å². The van der Waals surface area contributed by atoms with E-state index in [2.05, 4.69) is 5.32 Å². The fraction of sp³-hybridized carbons (Fsp3) is 0.278. The highest BCUT2D eigenvalue weighted by atomic mass is 32.2. The van der Waals surface area contributed by atoms with Crippen LogP contribution in [0.4, 0.5) is 13.2 Å². The molecule has 0 spiro atoms. The standard InChI is InChI=1S/C18H17F3N2O4S/c19-18(20,21)13-5-3-6-15(9-13)28(25,26)23-11-17(24)22-10-14-8-12-4-1-2-7-16(12)27-14/h1-7,9,14,23H,8,10-11H2,(H,22,24). The number of carbonyl (C=O) groups is 1. The van der Waals surface area contributed by atoms with Gasteiger partial charge in [-0.1, -0.05) is 24.3 Å². The van der Waals surface area contributed by atoms with E-state index in [0.717, 1.165) is 29.5 Å². The van der Waals surface area contributed by atoms with Crippen molar-refractivity contribution in [2.24, 2.45) is 0 Å². The minimum Gasteiger partial charge on any atom is -0.488 e. The summed E-state index contributed by atoms with van der Waals surface area (Å²) in [5.74, 6) is 0.127. The molecule has 28 heavy (non-hydrogen) atoms. The van der Waals surface area contributed by atoms with Crippen LogP contribution in [0.3, 0.4) is 0 Å². The molecule has 0 aliphatic carbocycles. The summed E-state index contributed by atoms with van der Waals surface area (Å²) in [6, 6.07) is 10.8. The van der Waals surface area contributed by atoms with Crippen LogP contribution in [0, 0.1) is 0 Å². The first kappa shape index (κ1) is 20.2. The summed E-state index contributed by atoms with van der Waals surface area (Å²) in [5, 5.41) is 2.55. The third-order valence-electron chi connectivity index (χ3n) is 4.14. The van der Waals surface area contributed by atoms with Crippen molar-refractivity contribution < 1.29 is 31.1 Å². The van der Waals surface area contributed by atoms with Crippen molar-refractivity contribution in [1.29, 1.82) is 0 Å². The third-order valence-corrected chi connectivity index (χ3v) is 5.53. The highest BCUT2D eigenvalue weighted by Crippen LogP contribution is 2.30. The minimum absolute atomic E-state index is 0.179. The topological polar surface area (TPSA) is 84.5 Å². The average Bonchev–Trinajstić information content (AvgIpc) is 3.07. The zero-order valence-corrected chi connectivity index (χ0v) is 15.3. The van der Waals surface area contributed by atoms with Crippen molar-refractivity contribution in [3.05, 3.63) is 59.7 Å². The number of alkyl halides is 3. The Morgan fingerprint density at radius 3 is 2.61 bits per heavy atom. The molecule has 1 aliphatic heterocycles. The van der Waals surface area contributed by atoms with Gasteiger partial charge in [0, 0.05) is 6.42 Å². The van der Waals surface area contributed by atoms with Crippen molar-refractivity contribution in [1.82, 2.24) is 10.0 Å². The molecule has 10 heteroatoms. The largest absolute Gasteiger partial charge is 0.488 e. The molecule has 150 valence electrons. The Morgan fingerprint density at radius 2 is 1.89 bits per heavy atom. The Kier molecular flexibility index (Phi) is 5.61. The van der Waals surface area contributed by atoms with Crippen LogP contribution in [0.1, 0.15) is 11.1 Å². The van der Waals surface area contributed by atoms with Crippen LogP contribution in [0.5, 0.6) is 5.75 Å². The van der Waals surface area contributed by atoms with E-state index in [-0.39, 0.29) is 12.6 Å². The van der Waals surface area contributed by atoms with Crippen LogP contribution in [0.25, 0.3) is 0 Å². The molecule has 0 fully saturated rings. The lowest BCUT2D eigenvalue weighted by molar-refractivity contribution is -0.137. The number of amides is 1. The Bertz CT molecular complexity index is 952. The lowest BCUT2D eigenvalue weighted by atomic mass is 10.1. The lowest BCUT2D eigenvalue weighted by Crippen LogP contribution is -2.41. The highest BCUT2D eigenvalue weighted by molar-refractivity contribution is 7.89. The van der Waals surface area contributed by atoms with Gasteiger partial charge in [0.25, 0.3) is 0 Å². The Balaban J connectivity index is 1.52. The SMILES string of the molecule is O=C(CNS(=O)(=O)c1cccc(C(F)(F)F)c1)NCC1Cc2ccccc2O1. The number of para-hydroxylation sites is 1. The maximum absolute atomic E-state index is 12.7. The van der Waals surface area contributed by atoms with Gasteiger partial charge < -0.3 is 10.1 Å². The van der Waals surface area contributed by atoms with Crippen molar-refractivity contribution in [3.8, 4) is 5.75 Å². The number of rotatable bonds is 6. The molecule has 0 saturated carbocycles. The highest BCUT2D eigenvalue weighted by Gasteiger charge is 2.31. The van der Waals surface area contributed by atoms with Gasteiger partial charge in [0.15, 0.2) is 0 Å². The van der Waals surface area contributed by atoms with Gasteiger partial charge in [-0.05, 0) is 29.8 Å².